The Morgan fingerprint density at radius 2 is 1.73 bits per heavy atom. The van der Waals surface area contributed by atoms with Crippen molar-refractivity contribution in [2.24, 2.45) is 5.14 Å². The molecule has 7 heteroatoms. The molecule has 0 fully saturated rings. The summed E-state index contributed by atoms with van der Waals surface area (Å²) < 4.78 is 21.7. The SMILES string of the molecule is CC(=O)Nc1ccc(S(N)(=O)=O)cc1.[NaH]. The molecule has 0 unspecified atom stereocenters. The average molecular weight is 238 g/mol. The molecule has 1 aromatic carbocycles. The molecule has 1 aromatic rings. The van der Waals surface area contributed by atoms with Crippen molar-refractivity contribution in [1.82, 2.24) is 0 Å². The summed E-state index contributed by atoms with van der Waals surface area (Å²) in [6, 6.07) is 5.61. The van der Waals surface area contributed by atoms with E-state index in [2.05, 4.69) is 5.32 Å². The molecule has 0 saturated heterocycles. The van der Waals surface area contributed by atoms with Gasteiger partial charge in [0.15, 0.2) is 0 Å². The molecule has 78 valence electrons. The van der Waals surface area contributed by atoms with Crippen LogP contribution in [0.3, 0.4) is 0 Å². The summed E-state index contributed by atoms with van der Waals surface area (Å²) in [5, 5.41) is 7.40. The van der Waals surface area contributed by atoms with Crippen LogP contribution < -0.4 is 10.5 Å². The number of hydrogen-bond acceptors (Lipinski definition) is 3. The molecule has 0 radical (unpaired) electrons. The van der Waals surface area contributed by atoms with Gasteiger partial charge in [0.25, 0.3) is 0 Å². The first kappa shape index (κ1) is 14.6. The van der Waals surface area contributed by atoms with Crippen LogP contribution in [-0.2, 0) is 14.8 Å². The summed E-state index contributed by atoms with van der Waals surface area (Å²) in [7, 11) is -3.66. The van der Waals surface area contributed by atoms with Crippen molar-refractivity contribution in [2.75, 3.05) is 5.32 Å². The van der Waals surface area contributed by atoms with Crippen LogP contribution in [0.1, 0.15) is 6.92 Å². The van der Waals surface area contributed by atoms with Crippen LogP contribution in [0.2, 0.25) is 0 Å². The summed E-state index contributed by atoms with van der Waals surface area (Å²) in [5.41, 5.74) is 0.532. The number of rotatable bonds is 2. The first-order chi connectivity index (χ1) is 6.39. The Hall–Kier alpha value is -0.400. The number of nitrogens with one attached hydrogen (secondary N) is 1. The molecule has 0 aliphatic rings. The van der Waals surface area contributed by atoms with Crippen molar-refractivity contribution in [3.8, 4) is 0 Å². The minimum absolute atomic E-state index is 0. The van der Waals surface area contributed by atoms with Crippen LogP contribution in [0.4, 0.5) is 5.69 Å². The maximum atomic E-state index is 10.9. The van der Waals surface area contributed by atoms with E-state index in [1.54, 1.807) is 0 Å². The number of sulfonamides is 1. The molecule has 1 rings (SSSR count). The molecular weight excluding hydrogens is 227 g/mol. The van der Waals surface area contributed by atoms with Gasteiger partial charge in [-0.15, -0.1) is 0 Å². The summed E-state index contributed by atoms with van der Waals surface area (Å²) in [6.45, 7) is 1.37. The van der Waals surface area contributed by atoms with Crippen molar-refractivity contribution >= 4 is 51.2 Å². The van der Waals surface area contributed by atoms with E-state index in [-0.39, 0.29) is 40.4 Å². The van der Waals surface area contributed by atoms with Crippen molar-refractivity contribution in [3.63, 3.8) is 0 Å². The zero-order valence-electron chi connectivity index (χ0n) is 7.52. The molecule has 1 amide bonds. The molecule has 0 atom stereocenters. The van der Waals surface area contributed by atoms with E-state index in [9.17, 15) is 13.2 Å². The van der Waals surface area contributed by atoms with Crippen LogP contribution in [0.5, 0.6) is 0 Å². The predicted octanol–water partition coefficient (Wildman–Crippen LogP) is -0.356. The van der Waals surface area contributed by atoms with Gasteiger partial charge in [-0.05, 0) is 24.3 Å². The van der Waals surface area contributed by atoms with Gasteiger partial charge in [0, 0.05) is 12.6 Å². The molecule has 0 bridgehead atoms. The van der Waals surface area contributed by atoms with Gasteiger partial charge in [0.1, 0.15) is 0 Å². The molecule has 0 aliphatic heterocycles. The Morgan fingerprint density at radius 1 is 1.27 bits per heavy atom. The number of hydrogen-bond donors (Lipinski definition) is 2. The zero-order valence-corrected chi connectivity index (χ0v) is 8.34. The quantitative estimate of drug-likeness (QED) is 0.690. The maximum absolute atomic E-state index is 10.9. The van der Waals surface area contributed by atoms with E-state index in [4.69, 9.17) is 5.14 Å². The van der Waals surface area contributed by atoms with Gasteiger partial charge in [-0.1, -0.05) is 0 Å². The molecule has 0 saturated carbocycles. The second kappa shape index (κ2) is 5.62. The van der Waals surface area contributed by atoms with Gasteiger partial charge < -0.3 is 5.32 Å². The number of primary sulfonamides is 1. The van der Waals surface area contributed by atoms with Crippen molar-refractivity contribution in [2.45, 2.75) is 11.8 Å². The van der Waals surface area contributed by atoms with Gasteiger partial charge in [-0.25, -0.2) is 13.6 Å². The molecule has 15 heavy (non-hydrogen) atoms. The minimum atomic E-state index is -3.66. The Kier molecular flexibility index (Phi) is 5.47. The van der Waals surface area contributed by atoms with Crippen LogP contribution in [0, 0.1) is 0 Å². The molecule has 0 heterocycles. The molecule has 0 spiro atoms. The zero-order chi connectivity index (χ0) is 10.8. The summed E-state index contributed by atoms with van der Waals surface area (Å²) in [6.07, 6.45) is 0. The van der Waals surface area contributed by atoms with Gasteiger partial charge in [-0.2, -0.15) is 0 Å². The van der Waals surface area contributed by atoms with E-state index in [1.807, 2.05) is 0 Å². The number of carbonyl (C=O) groups excluding carboxylic acids is 1. The number of amides is 1. The van der Waals surface area contributed by atoms with Gasteiger partial charge in [0.2, 0.25) is 15.9 Å². The van der Waals surface area contributed by atoms with E-state index < -0.39 is 10.0 Å². The second-order valence-corrected chi connectivity index (χ2v) is 4.31. The van der Waals surface area contributed by atoms with E-state index in [1.165, 1.54) is 31.2 Å². The van der Waals surface area contributed by atoms with Crippen molar-refractivity contribution in [1.29, 1.82) is 0 Å². The van der Waals surface area contributed by atoms with Crippen LogP contribution in [-0.4, -0.2) is 43.9 Å². The Balaban J connectivity index is 0.00000196. The third-order valence-electron chi connectivity index (χ3n) is 1.50. The van der Waals surface area contributed by atoms with Crippen LogP contribution in [0.15, 0.2) is 29.2 Å². The fraction of sp³-hybridized carbons (Fsp3) is 0.125. The van der Waals surface area contributed by atoms with E-state index in [0.29, 0.717) is 5.69 Å². The Labute approximate surface area is 110 Å². The van der Waals surface area contributed by atoms with Gasteiger partial charge in [0.05, 0.1) is 4.90 Å². The molecule has 5 nitrogen and oxygen atoms in total. The van der Waals surface area contributed by atoms with Gasteiger partial charge in [-0.3, -0.25) is 4.79 Å². The summed E-state index contributed by atoms with van der Waals surface area (Å²) >= 11 is 0. The summed E-state index contributed by atoms with van der Waals surface area (Å²) in [4.78, 5) is 10.7. The number of nitrogens with two attached hydrogens (primary N) is 1. The number of carbonyl (C=O) groups is 1. The van der Waals surface area contributed by atoms with E-state index >= 15 is 0 Å². The third-order valence-corrected chi connectivity index (χ3v) is 2.43. The molecular formula is C8H11N2NaO3S. The topological polar surface area (TPSA) is 89.3 Å². The molecule has 0 aromatic heterocycles. The summed E-state index contributed by atoms with van der Waals surface area (Å²) in [5.74, 6) is -0.214. The van der Waals surface area contributed by atoms with Gasteiger partial charge >= 0.3 is 29.6 Å². The number of benzene rings is 1. The fourth-order valence-corrected chi connectivity index (χ4v) is 1.45. The Morgan fingerprint density at radius 3 is 2.07 bits per heavy atom. The second-order valence-electron chi connectivity index (χ2n) is 2.75. The monoisotopic (exact) mass is 238 g/mol. The standard InChI is InChI=1S/C8H10N2O3S.Na.H/c1-6(11)10-7-2-4-8(5-3-7)14(9,12)13;;/h2-5H,1H3,(H,10,11)(H2,9,12,13);;. The van der Waals surface area contributed by atoms with Crippen molar-refractivity contribution < 1.29 is 13.2 Å². The normalized spacial score (nSPS) is 10.3. The fourth-order valence-electron chi connectivity index (χ4n) is 0.931. The van der Waals surface area contributed by atoms with Crippen LogP contribution >= 0.6 is 0 Å². The predicted molar refractivity (Wildman–Crippen MR) is 59.3 cm³/mol. The molecule has 0 aliphatic carbocycles. The Bertz CT molecular complexity index is 441. The average Bonchev–Trinajstić information content (AvgIpc) is 2.02. The first-order valence-corrected chi connectivity index (χ1v) is 5.34. The molecule has 3 N–H and O–H groups in total. The third kappa shape index (κ3) is 4.76. The van der Waals surface area contributed by atoms with E-state index in [0.717, 1.165) is 0 Å². The number of anilines is 1. The first-order valence-electron chi connectivity index (χ1n) is 3.80. The van der Waals surface area contributed by atoms with Crippen LogP contribution in [0.25, 0.3) is 0 Å². The van der Waals surface area contributed by atoms with Crippen molar-refractivity contribution in [3.05, 3.63) is 24.3 Å².